The van der Waals surface area contributed by atoms with E-state index in [1.165, 1.54) is 24.8 Å². The third kappa shape index (κ3) is 13.8. The van der Waals surface area contributed by atoms with Crippen LogP contribution >= 0.6 is 0 Å². The summed E-state index contributed by atoms with van der Waals surface area (Å²) in [6, 6.07) is 22.6. The zero-order valence-electron chi connectivity index (χ0n) is 11.8. The lowest BCUT2D eigenvalue weighted by Crippen LogP contribution is -1.81. The minimum absolute atomic E-state index is 1.23. The molecule has 0 saturated carbocycles. The Morgan fingerprint density at radius 2 is 1.20 bits per heavy atom. The van der Waals surface area contributed by atoms with Gasteiger partial charge in [0.25, 0.3) is 0 Å². The first kappa shape index (κ1) is 17.7. The molecule has 0 atom stereocenters. The Bertz CT molecular complexity index is 396. The Kier molecular flexibility index (Phi) is 11.6. The van der Waals surface area contributed by atoms with Crippen molar-refractivity contribution in [3.05, 3.63) is 72.3 Å². The van der Waals surface area contributed by atoms with E-state index < -0.39 is 6.16 Å². The van der Waals surface area contributed by atoms with Gasteiger partial charge in [-0.05, 0) is 18.4 Å². The van der Waals surface area contributed by atoms with Crippen LogP contribution in [0.15, 0.2) is 66.7 Å². The Morgan fingerprint density at radius 1 is 0.850 bits per heavy atom. The molecule has 0 unspecified atom stereocenters. The molecule has 2 aromatic carbocycles. The molecule has 0 aliphatic heterocycles. The van der Waals surface area contributed by atoms with E-state index in [-0.39, 0.29) is 0 Å². The second-order valence-corrected chi connectivity index (χ2v) is 4.03. The van der Waals surface area contributed by atoms with E-state index in [9.17, 15) is 0 Å². The van der Waals surface area contributed by atoms with E-state index in [4.69, 9.17) is 15.0 Å². The van der Waals surface area contributed by atoms with Gasteiger partial charge >= 0.3 is 6.16 Å². The number of aryl methyl sites for hydroxylation is 1. The highest BCUT2D eigenvalue weighted by Gasteiger charge is 1.87. The van der Waals surface area contributed by atoms with Gasteiger partial charge in [0.05, 0.1) is 0 Å². The molecular weight excluding hydrogens is 252 g/mol. The van der Waals surface area contributed by atoms with Gasteiger partial charge in [-0.1, -0.05) is 80.1 Å². The van der Waals surface area contributed by atoms with Crippen LogP contribution in [0.2, 0.25) is 0 Å². The average molecular weight is 274 g/mol. The van der Waals surface area contributed by atoms with Crippen molar-refractivity contribution in [2.45, 2.75) is 26.2 Å². The highest BCUT2D eigenvalue weighted by Crippen LogP contribution is 2.03. The van der Waals surface area contributed by atoms with Crippen LogP contribution in [0, 0.1) is 0 Å². The van der Waals surface area contributed by atoms with Crippen molar-refractivity contribution in [1.29, 1.82) is 0 Å². The van der Waals surface area contributed by atoms with Gasteiger partial charge < -0.3 is 10.2 Å². The fourth-order valence-electron chi connectivity index (χ4n) is 1.41. The summed E-state index contributed by atoms with van der Waals surface area (Å²) in [6.07, 6.45) is 2.00. The summed E-state index contributed by atoms with van der Waals surface area (Å²) in [5, 5.41) is 13.9. The van der Waals surface area contributed by atoms with Gasteiger partial charge in [-0.2, -0.15) is 0 Å². The second-order valence-electron chi connectivity index (χ2n) is 4.03. The Morgan fingerprint density at radius 3 is 1.55 bits per heavy atom. The van der Waals surface area contributed by atoms with Crippen molar-refractivity contribution in [1.82, 2.24) is 0 Å². The molecule has 0 spiro atoms. The molecule has 0 radical (unpaired) electrons. The summed E-state index contributed by atoms with van der Waals surface area (Å²) in [5.41, 5.74) is 1.46. The summed E-state index contributed by atoms with van der Waals surface area (Å²) in [5.74, 6) is 0. The molecule has 0 saturated heterocycles. The summed E-state index contributed by atoms with van der Waals surface area (Å²) < 4.78 is 0. The number of unbranched alkanes of at least 4 members (excludes halogenated alkanes) is 1. The van der Waals surface area contributed by atoms with Crippen molar-refractivity contribution in [2.24, 2.45) is 0 Å². The number of benzene rings is 2. The van der Waals surface area contributed by atoms with Crippen molar-refractivity contribution in [2.75, 3.05) is 0 Å². The first-order valence-electron chi connectivity index (χ1n) is 6.62. The largest absolute Gasteiger partial charge is 0.503 e. The minimum atomic E-state index is -1.83. The van der Waals surface area contributed by atoms with Crippen molar-refractivity contribution in [3.63, 3.8) is 0 Å². The van der Waals surface area contributed by atoms with Crippen LogP contribution in [-0.2, 0) is 6.42 Å². The first-order valence-corrected chi connectivity index (χ1v) is 6.62. The van der Waals surface area contributed by atoms with Gasteiger partial charge in [0.15, 0.2) is 0 Å². The second kappa shape index (κ2) is 13.1. The number of carboxylic acid groups (broad SMARTS) is 2. The van der Waals surface area contributed by atoms with E-state index in [2.05, 4.69) is 37.3 Å². The van der Waals surface area contributed by atoms with Crippen LogP contribution in [0.3, 0.4) is 0 Å². The van der Waals surface area contributed by atoms with Crippen molar-refractivity contribution >= 4 is 6.16 Å². The van der Waals surface area contributed by atoms with E-state index >= 15 is 0 Å². The molecule has 20 heavy (non-hydrogen) atoms. The third-order valence-electron chi connectivity index (χ3n) is 2.33. The standard InChI is InChI=1S/C10H14.C6H6.CH2O3/c1-2-3-7-10-8-5-4-6-9-10;1-2-4-6-5-3-1;2-1(3)4/h4-6,8-9H,2-3,7H2,1H3;1-6H;(H2,2,3,4). The van der Waals surface area contributed by atoms with E-state index in [1.54, 1.807) is 0 Å². The van der Waals surface area contributed by atoms with Crippen LogP contribution in [0.25, 0.3) is 0 Å². The quantitative estimate of drug-likeness (QED) is 0.833. The van der Waals surface area contributed by atoms with Gasteiger partial charge in [0.2, 0.25) is 0 Å². The van der Waals surface area contributed by atoms with E-state index in [0.29, 0.717) is 0 Å². The average Bonchev–Trinajstić information content (AvgIpc) is 2.48. The highest BCUT2D eigenvalue weighted by atomic mass is 16.6. The molecule has 2 N–H and O–H groups in total. The van der Waals surface area contributed by atoms with Gasteiger partial charge in [-0.25, -0.2) is 4.79 Å². The predicted octanol–water partition coefficient (Wildman–Crippen LogP) is 4.94. The lowest BCUT2D eigenvalue weighted by atomic mass is 10.1. The molecule has 108 valence electrons. The topological polar surface area (TPSA) is 57.5 Å². The van der Waals surface area contributed by atoms with Crippen molar-refractivity contribution < 1.29 is 15.0 Å². The molecule has 0 bridgehead atoms. The lowest BCUT2D eigenvalue weighted by Gasteiger charge is -1.96. The number of hydrogen-bond donors (Lipinski definition) is 2. The molecule has 0 heterocycles. The fourth-order valence-corrected chi connectivity index (χ4v) is 1.41. The molecule has 3 heteroatoms. The Labute approximate surface area is 120 Å². The molecule has 3 nitrogen and oxygen atoms in total. The van der Waals surface area contributed by atoms with E-state index in [1.807, 2.05) is 36.4 Å². The molecule has 0 aliphatic rings. The zero-order chi connectivity index (χ0) is 15.1. The lowest BCUT2D eigenvalue weighted by molar-refractivity contribution is 0.137. The summed E-state index contributed by atoms with van der Waals surface area (Å²) in [4.78, 5) is 8.56. The number of hydrogen-bond acceptors (Lipinski definition) is 1. The van der Waals surface area contributed by atoms with E-state index in [0.717, 1.165) is 0 Å². The van der Waals surface area contributed by atoms with Crippen LogP contribution in [0.5, 0.6) is 0 Å². The summed E-state index contributed by atoms with van der Waals surface area (Å²) in [6.45, 7) is 2.23. The van der Waals surface area contributed by atoms with Gasteiger partial charge in [-0.3, -0.25) is 0 Å². The molecule has 0 aliphatic carbocycles. The smallest absolute Gasteiger partial charge is 0.450 e. The predicted molar refractivity (Wildman–Crippen MR) is 82.1 cm³/mol. The Hall–Kier alpha value is -2.29. The van der Waals surface area contributed by atoms with Crippen LogP contribution < -0.4 is 0 Å². The summed E-state index contributed by atoms with van der Waals surface area (Å²) >= 11 is 0. The maximum absolute atomic E-state index is 8.56. The summed E-state index contributed by atoms with van der Waals surface area (Å²) in [7, 11) is 0. The zero-order valence-corrected chi connectivity index (χ0v) is 11.8. The SMILES string of the molecule is CCCCc1ccccc1.O=C(O)O.c1ccccc1. The highest BCUT2D eigenvalue weighted by molar-refractivity contribution is 5.53. The number of rotatable bonds is 3. The van der Waals surface area contributed by atoms with Gasteiger partial charge in [0.1, 0.15) is 0 Å². The molecule has 2 aromatic rings. The minimum Gasteiger partial charge on any atom is -0.450 e. The van der Waals surface area contributed by atoms with Crippen LogP contribution in [-0.4, -0.2) is 16.4 Å². The molecule has 0 aromatic heterocycles. The Balaban J connectivity index is 0.000000307. The molecule has 2 rings (SSSR count). The maximum Gasteiger partial charge on any atom is 0.503 e. The monoisotopic (exact) mass is 274 g/mol. The number of carbonyl (C=O) groups is 1. The molecule has 0 fully saturated rings. The van der Waals surface area contributed by atoms with Crippen LogP contribution in [0.1, 0.15) is 25.3 Å². The molecular formula is C17H22O3. The fraction of sp³-hybridized carbons (Fsp3) is 0.235. The third-order valence-corrected chi connectivity index (χ3v) is 2.33. The normalized spacial score (nSPS) is 8.45. The maximum atomic E-state index is 8.56. The molecule has 0 amide bonds. The van der Waals surface area contributed by atoms with Crippen molar-refractivity contribution in [3.8, 4) is 0 Å². The van der Waals surface area contributed by atoms with Crippen LogP contribution in [0.4, 0.5) is 4.79 Å². The van der Waals surface area contributed by atoms with Gasteiger partial charge in [0, 0.05) is 0 Å². The van der Waals surface area contributed by atoms with Gasteiger partial charge in [-0.15, -0.1) is 0 Å². The first-order chi connectivity index (χ1) is 9.66.